The SMILES string of the molecule is CC/C=C1\C[C@H](O)CC2=CC[C@H]3[C@@H]4CC[C@H]([C@H](C)CCCC(C)C)[C@@]4(C)CC[C@@H]3[C@]21C. The molecule has 0 spiro atoms. The van der Waals surface area contributed by atoms with Crippen molar-refractivity contribution in [2.75, 3.05) is 0 Å². The van der Waals surface area contributed by atoms with E-state index in [1.165, 1.54) is 51.4 Å². The lowest BCUT2D eigenvalue weighted by atomic mass is 9.46. The van der Waals surface area contributed by atoms with Crippen molar-refractivity contribution in [1.82, 2.24) is 0 Å². The Labute approximate surface area is 193 Å². The van der Waals surface area contributed by atoms with E-state index in [1.54, 1.807) is 11.1 Å². The Morgan fingerprint density at radius 2 is 1.84 bits per heavy atom. The van der Waals surface area contributed by atoms with Crippen molar-refractivity contribution < 1.29 is 5.11 Å². The van der Waals surface area contributed by atoms with Crippen LogP contribution in [0.5, 0.6) is 0 Å². The predicted molar refractivity (Wildman–Crippen MR) is 133 cm³/mol. The van der Waals surface area contributed by atoms with E-state index in [0.29, 0.717) is 5.41 Å². The minimum Gasteiger partial charge on any atom is -0.392 e. The van der Waals surface area contributed by atoms with Gasteiger partial charge in [0, 0.05) is 5.41 Å². The van der Waals surface area contributed by atoms with E-state index in [2.05, 4.69) is 53.7 Å². The van der Waals surface area contributed by atoms with Gasteiger partial charge >= 0.3 is 0 Å². The van der Waals surface area contributed by atoms with Crippen molar-refractivity contribution >= 4 is 0 Å². The first kappa shape index (κ1) is 23.6. The van der Waals surface area contributed by atoms with E-state index >= 15 is 0 Å². The number of aliphatic hydroxyl groups is 1. The van der Waals surface area contributed by atoms with Crippen LogP contribution in [0.1, 0.15) is 112 Å². The van der Waals surface area contributed by atoms with Gasteiger partial charge in [0.2, 0.25) is 0 Å². The third kappa shape index (κ3) is 4.00. The van der Waals surface area contributed by atoms with Gasteiger partial charge in [-0.25, -0.2) is 0 Å². The summed E-state index contributed by atoms with van der Waals surface area (Å²) in [4.78, 5) is 0. The summed E-state index contributed by atoms with van der Waals surface area (Å²) in [6.45, 7) is 14.8. The van der Waals surface area contributed by atoms with Crippen LogP contribution in [0, 0.1) is 46.3 Å². The van der Waals surface area contributed by atoms with Crippen LogP contribution in [0.25, 0.3) is 0 Å². The molecule has 0 radical (unpaired) electrons. The molecular weight excluding hydrogens is 376 g/mol. The van der Waals surface area contributed by atoms with Gasteiger partial charge in [-0.1, -0.05) is 84.1 Å². The van der Waals surface area contributed by atoms with Gasteiger partial charge < -0.3 is 5.11 Å². The average molecular weight is 427 g/mol. The first-order valence-corrected chi connectivity index (χ1v) is 13.8. The second kappa shape index (κ2) is 9.00. The molecule has 1 heteroatoms. The summed E-state index contributed by atoms with van der Waals surface area (Å²) in [5.74, 6) is 5.23. The standard InChI is InChI=1S/C30H50O/c1-7-9-22-18-24(31)19-23-12-13-25-27-15-14-26(21(4)11-8-10-20(2)3)29(27,5)17-16-28(25)30(22,23)6/h9,12,20-21,24-28,31H,7-8,10-11,13-19H2,1-6H3/b22-9+/t21-,24+,25+,26-,27+,28+,29-,30+/m1/s1. The Morgan fingerprint density at radius 3 is 2.55 bits per heavy atom. The zero-order valence-corrected chi connectivity index (χ0v) is 21.4. The number of allylic oxidation sites excluding steroid dienone is 2. The molecule has 176 valence electrons. The van der Waals surface area contributed by atoms with Gasteiger partial charge in [-0.05, 0) is 92.3 Å². The molecule has 0 amide bonds. The fourth-order valence-electron chi connectivity index (χ4n) is 9.16. The molecule has 4 aliphatic carbocycles. The summed E-state index contributed by atoms with van der Waals surface area (Å²) in [6, 6.07) is 0. The van der Waals surface area contributed by atoms with Crippen LogP contribution in [0.3, 0.4) is 0 Å². The second-order valence-corrected chi connectivity index (χ2v) is 12.8. The molecule has 1 nitrogen and oxygen atoms in total. The van der Waals surface area contributed by atoms with E-state index < -0.39 is 0 Å². The van der Waals surface area contributed by atoms with Gasteiger partial charge in [-0.2, -0.15) is 0 Å². The summed E-state index contributed by atoms with van der Waals surface area (Å²) in [7, 11) is 0. The Morgan fingerprint density at radius 1 is 1.06 bits per heavy atom. The molecule has 0 saturated heterocycles. The molecule has 3 saturated carbocycles. The van der Waals surface area contributed by atoms with Crippen molar-refractivity contribution in [1.29, 1.82) is 0 Å². The van der Waals surface area contributed by atoms with Crippen LogP contribution in [0.15, 0.2) is 23.3 Å². The maximum atomic E-state index is 10.6. The van der Waals surface area contributed by atoms with Crippen LogP contribution < -0.4 is 0 Å². The van der Waals surface area contributed by atoms with Crippen LogP contribution in [0.2, 0.25) is 0 Å². The van der Waals surface area contributed by atoms with Crippen molar-refractivity contribution in [3.8, 4) is 0 Å². The molecule has 0 aromatic rings. The lowest BCUT2D eigenvalue weighted by molar-refractivity contribution is -0.0424. The molecule has 0 aromatic heterocycles. The highest BCUT2D eigenvalue weighted by molar-refractivity contribution is 5.38. The van der Waals surface area contributed by atoms with Crippen LogP contribution in [-0.4, -0.2) is 11.2 Å². The molecule has 4 rings (SSSR count). The molecule has 3 fully saturated rings. The molecule has 0 aromatic carbocycles. The molecule has 31 heavy (non-hydrogen) atoms. The fraction of sp³-hybridized carbons (Fsp3) is 0.867. The van der Waals surface area contributed by atoms with Crippen molar-refractivity contribution in [2.24, 2.45) is 46.3 Å². The molecule has 0 heterocycles. The summed E-state index contributed by atoms with van der Waals surface area (Å²) < 4.78 is 0. The van der Waals surface area contributed by atoms with E-state index in [-0.39, 0.29) is 11.5 Å². The fourth-order valence-corrected chi connectivity index (χ4v) is 9.16. The summed E-state index contributed by atoms with van der Waals surface area (Å²) in [5.41, 5.74) is 3.92. The molecule has 0 unspecified atom stereocenters. The van der Waals surface area contributed by atoms with Crippen molar-refractivity contribution in [2.45, 2.75) is 118 Å². The number of aliphatic hydroxyl groups excluding tert-OH is 1. The molecule has 0 aliphatic heterocycles. The van der Waals surface area contributed by atoms with E-state index in [1.807, 2.05) is 0 Å². The number of hydrogen-bond donors (Lipinski definition) is 1. The van der Waals surface area contributed by atoms with Gasteiger partial charge in [0.15, 0.2) is 0 Å². The monoisotopic (exact) mass is 426 g/mol. The Balaban J connectivity index is 1.56. The highest BCUT2D eigenvalue weighted by atomic mass is 16.3. The quantitative estimate of drug-likeness (QED) is 0.423. The maximum absolute atomic E-state index is 10.6. The minimum atomic E-state index is -0.162. The third-order valence-electron chi connectivity index (χ3n) is 10.7. The van der Waals surface area contributed by atoms with Crippen molar-refractivity contribution in [3.63, 3.8) is 0 Å². The first-order valence-electron chi connectivity index (χ1n) is 13.8. The van der Waals surface area contributed by atoms with Gasteiger partial charge in [-0.3, -0.25) is 0 Å². The zero-order chi connectivity index (χ0) is 22.4. The minimum absolute atomic E-state index is 0.162. The number of rotatable bonds is 6. The second-order valence-electron chi connectivity index (χ2n) is 12.8. The Hall–Kier alpha value is -0.560. The Bertz CT molecular complexity index is 701. The molecule has 8 atom stereocenters. The van der Waals surface area contributed by atoms with Gasteiger partial charge in [0.25, 0.3) is 0 Å². The smallest absolute Gasteiger partial charge is 0.0615 e. The van der Waals surface area contributed by atoms with Crippen LogP contribution in [-0.2, 0) is 0 Å². The van der Waals surface area contributed by atoms with E-state index in [4.69, 9.17) is 0 Å². The summed E-state index contributed by atoms with van der Waals surface area (Å²) in [6.07, 6.45) is 19.1. The lowest BCUT2D eigenvalue weighted by Gasteiger charge is -2.59. The van der Waals surface area contributed by atoms with Gasteiger partial charge in [-0.15, -0.1) is 0 Å². The molecule has 4 aliphatic rings. The summed E-state index contributed by atoms with van der Waals surface area (Å²) >= 11 is 0. The van der Waals surface area contributed by atoms with Crippen LogP contribution >= 0.6 is 0 Å². The molecule has 1 N–H and O–H groups in total. The third-order valence-corrected chi connectivity index (χ3v) is 10.7. The highest BCUT2D eigenvalue weighted by Crippen LogP contribution is 2.68. The summed E-state index contributed by atoms with van der Waals surface area (Å²) in [5, 5.41) is 10.6. The van der Waals surface area contributed by atoms with Crippen LogP contribution in [0.4, 0.5) is 0 Å². The first-order chi connectivity index (χ1) is 14.7. The normalized spacial score (nSPS) is 44.6. The zero-order valence-electron chi connectivity index (χ0n) is 21.4. The van der Waals surface area contributed by atoms with E-state index in [9.17, 15) is 5.11 Å². The van der Waals surface area contributed by atoms with Crippen molar-refractivity contribution in [3.05, 3.63) is 23.3 Å². The Kier molecular flexibility index (Phi) is 6.85. The highest BCUT2D eigenvalue weighted by Gasteiger charge is 2.59. The lowest BCUT2D eigenvalue weighted by Crippen LogP contribution is -2.51. The number of hydrogen-bond acceptors (Lipinski definition) is 1. The van der Waals surface area contributed by atoms with E-state index in [0.717, 1.165) is 54.8 Å². The number of fused-ring (bicyclic) bond motifs is 5. The average Bonchev–Trinajstić information content (AvgIpc) is 3.06. The predicted octanol–water partition coefficient (Wildman–Crippen LogP) is 8.34. The molecular formula is C30H50O. The van der Waals surface area contributed by atoms with Gasteiger partial charge in [0.05, 0.1) is 6.10 Å². The largest absolute Gasteiger partial charge is 0.392 e. The topological polar surface area (TPSA) is 20.2 Å². The maximum Gasteiger partial charge on any atom is 0.0615 e. The van der Waals surface area contributed by atoms with Gasteiger partial charge in [0.1, 0.15) is 0 Å². The molecule has 0 bridgehead atoms.